The Hall–Kier alpha value is -2.82. The molecule has 26 heavy (non-hydrogen) atoms. The minimum Gasteiger partial charge on any atom is -0.483 e. The highest BCUT2D eigenvalue weighted by Gasteiger charge is 2.29. The van der Waals surface area contributed by atoms with Gasteiger partial charge in [0, 0.05) is 17.3 Å². The fourth-order valence-corrected chi connectivity index (χ4v) is 2.68. The summed E-state index contributed by atoms with van der Waals surface area (Å²) in [5.74, 6) is 0.662. The topological polar surface area (TPSA) is 67.4 Å². The normalized spacial score (nSPS) is 13.2. The summed E-state index contributed by atoms with van der Waals surface area (Å²) in [5, 5.41) is 5.79. The minimum absolute atomic E-state index is 0.0508. The van der Waals surface area contributed by atoms with Crippen LogP contribution in [-0.2, 0) is 9.59 Å². The van der Waals surface area contributed by atoms with E-state index in [4.69, 9.17) is 4.74 Å². The summed E-state index contributed by atoms with van der Waals surface area (Å²) in [7, 11) is 0. The molecule has 5 nitrogen and oxygen atoms in total. The third-order valence-corrected chi connectivity index (χ3v) is 4.52. The molecule has 1 saturated carbocycles. The maximum absolute atomic E-state index is 12.3. The molecule has 2 N–H and O–H groups in total. The van der Waals surface area contributed by atoms with E-state index in [0.29, 0.717) is 11.4 Å². The van der Waals surface area contributed by atoms with Crippen molar-refractivity contribution in [1.82, 2.24) is 0 Å². The van der Waals surface area contributed by atoms with Crippen LogP contribution in [0.2, 0.25) is 0 Å². The molecule has 1 fully saturated rings. The molecule has 1 aliphatic rings. The third-order valence-electron chi connectivity index (χ3n) is 4.52. The first kappa shape index (κ1) is 18.0. The molecule has 3 rings (SSSR count). The largest absolute Gasteiger partial charge is 0.483 e. The Labute approximate surface area is 153 Å². The van der Waals surface area contributed by atoms with Gasteiger partial charge in [-0.15, -0.1) is 0 Å². The van der Waals surface area contributed by atoms with Crippen LogP contribution in [0.5, 0.6) is 5.75 Å². The number of benzene rings is 2. The zero-order chi connectivity index (χ0) is 18.7. The van der Waals surface area contributed by atoms with Gasteiger partial charge in [0.25, 0.3) is 5.91 Å². The highest BCUT2D eigenvalue weighted by atomic mass is 16.5. The van der Waals surface area contributed by atoms with Crippen molar-refractivity contribution in [1.29, 1.82) is 0 Å². The molecule has 0 heterocycles. The highest BCUT2D eigenvalue weighted by molar-refractivity contribution is 5.97. The van der Waals surface area contributed by atoms with Crippen molar-refractivity contribution < 1.29 is 14.3 Å². The van der Waals surface area contributed by atoms with E-state index >= 15 is 0 Å². The molecule has 1 aliphatic carbocycles. The van der Waals surface area contributed by atoms with Gasteiger partial charge >= 0.3 is 0 Å². The summed E-state index contributed by atoms with van der Waals surface area (Å²) in [5.41, 5.74) is 4.32. The van der Waals surface area contributed by atoms with Crippen LogP contribution in [-0.4, -0.2) is 18.4 Å². The number of rotatable bonds is 6. The van der Waals surface area contributed by atoms with Crippen LogP contribution in [0.4, 0.5) is 11.4 Å². The molecule has 0 spiro atoms. The van der Waals surface area contributed by atoms with E-state index < -0.39 is 0 Å². The molecule has 136 valence electrons. The van der Waals surface area contributed by atoms with E-state index in [1.54, 1.807) is 0 Å². The number of carbonyl (C=O) groups excluding carboxylic acids is 2. The first-order valence-electron chi connectivity index (χ1n) is 8.84. The molecule has 0 atom stereocenters. The lowest BCUT2D eigenvalue weighted by Crippen LogP contribution is -2.21. The number of hydrogen-bond donors (Lipinski definition) is 2. The lowest BCUT2D eigenvalue weighted by atomic mass is 10.1. The second-order valence-electron chi connectivity index (χ2n) is 6.85. The van der Waals surface area contributed by atoms with Gasteiger partial charge in [0.1, 0.15) is 5.75 Å². The van der Waals surface area contributed by atoms with Crippen LogP contribution in [0.3, 0.4) is 0 Å². The fourth-order valence-electron chi connectivity index (χ4n) is 2.68. The predicted molar refractivity (Wildman–Crippen MR) is 103 cm³/mol. The zero-order valence-corrected chi connectivity index (χ0v) is 15.4. The molecule has 2 amide bonds. The van der Waals surface area contributed by atoms with Crippen LogP contribution in [0.1, 0.15) is 29.5 Å². The van der Waals surface area contributed by atoms with Crippen molar-refractivity contribution >= 4 is 23.2 Å². The Balaban J connectivity index is 1.61. The molecule has 0 aromatic heterocycles. The molecule has 2 aromatic carbocycles. The molecule has 2 aromatic rings. The van der Waals surface area contributed by atoms with Gasteiger partial charge in [-0.3, -0.25) is 9.59 Å². The van der Waals surface area contributed by atoms with Crippen LogP contribution in [0.25, 0.3) is 0 Å². The molecule has 0 unspecified atom stereocenters. The number of aryl methyl sites for hydroxylation is 2. The van der Waals surface area contributed by atoms with E-state index in [1.807, 2.05) is 57.2 Å². The van der Waals surface area contributed by atoms with Gasteiger partial charge in [-0.2, -0.15) is 0 Å². The van der Waals surface area contributed by atoms with E-state index in [2.05, 4.69) is 10.6 Å². The number of anilines is 2. The first-order valence-corrected chi connectivity index (χ1v) is 8.84. The Morgan fingerprint density at radius 2 is 1.73 bits per heavy atom. The summed E-state index contributed by atoms with van der Waals surface area (Å²) < 4.78 is 5.64. The smallest absolute Gasteiger partial charge is 0.262 e. The highest BCUT2D eigenvalue weighted by Crippen LogP contribution is 2.31. The minimum atomic E-state index is -0.236. The second kappa shape index (κ2) is 7.60. The number of amides is 2. The molecule has 5 heteroatoms. The zero-order valence-electron chi connectivity index (χ0n) is 15.4. The monoisotopic (exact) mass is 352 g/mol. The van der Waals surface area contributed by atoms with Gasteiger partial charge < -0.3 is 15.4 Å². The van der Waals surface area contributed by atoms with Crippen molar-refractivity contribution in [3.8, 4) is 5.75 Å². The second-order valence-corrected chi connectivity index (χ2v) is 6.85. The summed E-state index contributed by atoms with van der Waals surface area (Å²) in [4.78, 5) is 24.2. The van der Waals surface area contributed by atoms with Crippen LogP contribution in [0.15, 0.2) is 36.4 Å². The van der Waals surface area contributed by atoms with Crippen LogP contribution >= 0.6 is 0 Å². The maximum Gasteiger partial charge on any atom is 0.262 e. The van der Waals surface area contributed by atoms with E-state index in [-0.39, 0.29) is 24.3 Å². The molecule has 0 bridgehead atoms. The van der Waals surface area contributed by atoms with Gasteiger partial charge in [0.2, 0.25) is 5.91 Å². The van der Waals surface area contributed by atoms with Gasteiger partial charge in [-0.1, -0.05) is 18.2 Å². The number of nitrogens with one attached hydrogen (secondary N) is 2. The van der Waals surface area contributed by atoms with Gasteiger partial charge in [0.15, 0.2) is 6.61 Å². The SMILES string of the molecule is Cc1ccc(C)c(OCC(=O)Nc2cccc(NC(=O)C3CC3)c2C)c1. The summed E-state index contributed by atoms with van der Waals surface area (Å²) in [6, 6.07) is 11.4. The summed E-state index contributed by atoms with van der Waals surface area (Å²) >= 11 is 0. The number of carbonyl (C=O) groups is 2. The standard InChI is InChI=1S/C21H24N2O3/c1-13-7-8-14(2)19(11-13)26-12-20(24)22-17-5-4-6-18(15(17)3)23-21(25)16-9-10-16/h4-8,11,16H,9-10,12H2,1-3H3,(H,22,24)(H,23,25). The summed E-state index contributed by atoms with van der Waals surface area (Å²) in [6.07, 6.45) is 1.91. The lowest BCUT2D eigenvalue weighted by Gasteiger charge is -2.14. The van der Waals surface area contributed by atoms with Crippen LogP contribution < -0.4 is 15.4 Å². The molecule has 0 saturated heterocycles. The Bertz CT molecular complexity index is 841. The Morgan fingerprint density at radius 3 is 2.42 bits per heavy atom. The predicted octanol–water partition coefficient (Wildman–Crippen LogP) is 3.98. The Morgan fingerprint density at radius 1 is 1.04 bits per heavy atom. The van der Waals surface area contributed by atoms with Gasteiger partial charge in [-0.05, 0) is 68.5 Å². The molecule has 0 aliphatic heterocycles. The van der Waals surface area contributed by atoms with E-state index in [1.165, 1.54) is 0 Å². The molecular formula is C21H24N2O3. The quantitative estimate of drug-likeness (QED) is 0.826. The fraction of sp³-hybridized carbons (Fsp3) is 0.333. The average Bonchev–Trinajstić information content (AvgIpc) is 3.44. The average molecular weight is 352 g/mol. The number of ether oxygens (including phenoxy) is 1. The number of hydrogen-bond acceptors (Lipinski definition) is 3. The van der Waals surface area contributed by atoms with Gasteiger partial charge in [0.05, 0.1) is 0 Å². The molecule has 0 radical (unpaired) electrons. The van der Waals surface area contributed by atoms with E-state index in [9.17, 15) is 9.59 Å². The lowest BCUT2D eigenvalue weighted by molar-refractivity contribution is -0.118. The Kier molecular flexibility index (Phi) is 5.26. The molecular weight excluding hydrogens is 328 g/mol. The van der Waals surface area contributed by atoms with E-state index in [0.717, 1.165) is 35.2 Å². The van der Waals surface area contributed by atoms with Gasteiger partial charge in [-0.25, -0.2) is 0 Å². The van der Waals surface area contributed by atoms with Crippen molar-refractivity contribution in [2.75, 3.05) is 17.2 Å². The third kappa shape index (κ3) is 4.42. The van der Waals surface area contributed by atoms with Crippen molar-refractivity contribution in [2.45, 2.75) is 33.6 Å². The van der Waals surface area contributed by atoms with Crippen molar-refractivity contribution in [3.63, 3.8) is 0 Å². The van der Waals surface area contributed by atoms with Crippen LogP contribution in [0, 0.1) is 26.7 Å². The summed E-state index contributed by atoms with van der Waals surface area (Å²) in [6.45, 7) is 5.74. The maximum atomic E-state index is 12.3. The van der Waals surface area contributed by atoms with Crippen molar-refractivity contribution in [2.24, 2.45) is 5.92 Å². The first-order chi connectivity index (χ1) is 12.4. The van der Waals surface area contributed by atoms with Crippen molar-refractivity contribution in [3.05, 3.63) is 53.1 Å².